The lowest BCUT2D eigenvalue weighted by Crippen LogP contribution is -2.30. The van der Waals surface area contributed by atoms with Gasteiger partial charge in [-0.3, -0.25) is 37.3 Å². The van der Waals surface area contributed by atoms with Crippen molar-refractivity contribution in [3.63, 3.8) is 0 Å². The number of hydrogen-bond donors (Lipinski definition) is 3. The summed E-state index contributed by atoms with van der Waals surface area (Å²) in [6.07, 6.45) is 62.5. The summed E-state index contributed by atoms with van der Waals surface area (Å²) < 4.78 is 68.6. The van der Waals surface area contributed by atoms with Crippen LogP contribution in [0.25, 0.3) is 0 Å². The summed E-state index contributed by atoms with van der Waals surface area (Å²) in [6.45, 7) is 9.65. The topological polar surface area (TPSA) is 237 Å². The van der Waals surface area contributed by atoms with Crippen LogP contribution in [0.3, 0.4) is 0 Å². The van der Waals surface area contributed by atoms with Crippen molar-refractivity contribution >= 4 is 39.5 Å². The lowest BCUT2D eigenvalue weighted by Gasteiger charge is -2.21. The number of hydrogen-bond acceptors (Lipinski definition) is 15. The number of carbonyl (C=O) groups is 4. The van der Waals surface area contributed by atoms with Gasteiger partial charge in [-0.15, -0.1) is 0 Å². The van der Waals surface area contributed by atoms with E-state index in [1.807, 2.05) is 0 Å². The Bertz CT molecular complexity index is 1930. The maximum Gasteiger partial charge on any atom is 0.472 e. The van der Waals surface area contributed by atoms with Crippen molar-refractivity contribution in [3.05, 3.63) is 0 Å². The fraction of sp³-hybridized carbons (Fsp3) is 0.951. The summed E-state index contributed by atoms with van der Waals surface area (Å²) in [7, 11) is -9.92. The van der Waals surface area contributed by atoms with Gasteiger partial charge in [-0.05, 0) is 37.5 Å². The quantitative estimate of drug-likeness (QED) is 0.0222. The molecule has 17 nitrogen and oxygen atoms in total. The van der Waals surface area contributed by atoms with Gasteiger partial charge in [-0.25, -0.2) is 9.13 Å². The Balaban J connectivity index is 5.20. The summed E-state index contributed by atoms with van der Waals surface area (Å²) in [5, 5.41) is 10.6. The minimum Gasteiger partial charge on any atom is -0.462 e. The van der Waals surface area contributed by atoms with E-state index in [0.717, 1.165) is 102 Å². The highest BCUT2D eigenvalue weighted by Gasteiger charge is 2.30. The lowest BCUT2D eigenvalue weighted by molar-refractivity contribution is -0.161. The van der Waals surface area contributed by atoms with Crippen LogP contribution < -0.4 is 0 Å². The van der Waals surface area contributed by atoms with Crippen LogP contribution in [0.1, 0.15) is 427 Å². The van der Waals surface area contributed by atoms with Gasteiger partial charge in [0.1, 0.15) is 19.3 Å². The summed E-state index contributed by atoms with van der Waals surface area (Å²) in [5.41, 5.74) is 0. The zero-order valence-corrected chi connectivity index (χ0v) is 67.3. The van der Waals surface area contributed by atoms with Crippen LogP contribution in [0.15, 0.2) is 0 Å². The third-order valence-corrected chi connectivity index (χ3v) is 21.2. The van der Waals surface area contributed by atoms with E-state index in [1.54, 1.807) is 0 Å². The Morgan fingerprint density at radius 2 is 0.510 bits per heavy atom. The van der Waals surface area contributed by atoms with Crippen LogP contribution in [-0.2, 0) is 65.4 Å². The number of carbonyl (C=O) groups excluding carboxylic acids is 4. The summed E-state index contributed by atoms with van der Waals surface area (Å²) >= 11 is 0. The number of phosphoric ester groups is 2. The van der Waals surface area contributed by atoms with Crippen LogP contribution in [-0.4, -0.2) is 96.7 Å². The zero-order chi connectivity index (χ0) is 73.5. The maximum absolute atomic E-state index is 13.1. The number of aliphatic hydroxyl groups is 1. The van der Waals surface area contributed by atoms with Gasteiger partial charge in [0.25, 0.3) is 0 Å². The smallest absolute Gasteiger partial charge is 0.462 e. The van der Waals surface area contributed by atoms with Gasteiger partial charge in [0.05, 0.1) is 26.4 Å². The second-order valence-corrected chi connectivity index (χ2v) is 32.8. The highest BCUT2D eigenvalue weighted by atomic mass is 31.2. The molecule has 100 heavy (non-hydrogen) atoms. The number of esters is 4. The normalized spacial score (nSPS) is 14.2. The molecule has 0 aromatic heterocycles. The van der Waals surface area contributed by atoms with Crippen LogP contribution in [0.2, 0.25) is 0 Å². The van der Waals surface area contributed by atoms with Gasteiger partial charge in [-0.1, -0.05) is 375 Å². The molecule has 0 radical (unpaired) electrons. The molecule has 0 aromatic rings. The summed E-state index contributed by atoms with van der Waals surface area (Å²) in [5.74, 6) is -0.521. The second kappa shape index (κ2) is 72.6. The number of unbranched alkanes of at least 4 members (excludes halogenated alkanes) is 49. The van der Waals surface area contributed by atoms with Gasteiger partial charge in [0.2, 0.25) is 0 Å². The fourth-order valence-corrected chi connectivity index (χ4v) is 14.1. The molecule has 0 spiro atoms. The molecule has 0 saturated heterocycles. The molecule has 0 bridgehead atoms. The Morgan fingerprint density at radius 3 is 0.760 bits per heavy atom. The van der Waals surface area contributed by atoms with Crippen molar-refractivity contribution in [1.82, 2.24) is 0 Å². The molecule has 0 heterocycles. The van der Waals surface area contributed by atoms with E-state index in [1.165, 1.54) is 244 Å². The second-order valence-electron chi connectivity index (χ2n) is 29.9. The van der Waals surface area contributed by atoms with Crippen LogP contribution in [0, 0.1) is 11.8 Å². The van der Waals surface area contributed by atoms with E-state index in [4.69, 9.17) is 37.0 Å². The Kier molecular flexibility index (Phi) is 71.2. The van der Waals surface area contributed by atoms with E-state index in [-0.39, 0.29) is 25.7 Å². The average Bonchev–Trinajstić information content (AvgIpc) is 0.978. The van der Waals surface area contributed by atoms with Crippen LogP contribution >= 0.6 is 15.6 Å². The molecule has 0 aliphatic carbocycles. The fourth-order valence-electron chi connectivity index (χ4n) is 12.5. The number of aliphatic hydroxyl groups excluding tert-OH is 1. The highest BCUT2D eigenvalue weighted by Crippen LogP contribution is 2.45. The maximum atomic E-state index is 13.1. The molecule has 0 aliphatic rings. The predicted molar refractivity (Wildman–Crippen MR) is 409 cm³/mol. The molecule has 6 atom stereocenters. The number of ether oxygens (including phenoxy) is 4. The van der Waals surface area contributed by atoms with Gasteiger partial charge >= 0.3 is 39.5 Å². The first-order valence-corrected chi connectivity index (χ1v) is 45.0. The van der Waals surface area contributed by atoms with Gasteiger partial charge in [0, 0.05) is 25.7 Å². The van der Waals surface area contributed by atoms with Crippen molar-refractivity contribution in [2.75, 3.05) is 39.6 Å². The molecule has 0 saturated carbocycles. The molecule has 0 amide bonds. The Morgan fingerprint density at radius 1 is 0.290 bits per heavy atom. The van der Waals surface area contributed by atoms with Gasteiger partial charge in [0.15, 0.2) is 12.2 Å². The SMILES string of the molecule is CCCCCCCCCCCCCCCCCCCC(=O)OC[C@H](COP(=O)(O)OC[C@@H](O)COP(=O)(O)OC[C@@H](COC(=O)CCCCCCCCCCCC)OC(=O)CCCCCCCCCCC(C)C)OC(=O)CCCCCCCCCCCCCCCCCCCCC(C)CC. The molecule has 0 aliphatic heterocycles. The molecule has 3 N–H and O–H groups in total. The molecule has 3 unspecified atom stereocenters. The van der Waals surface area contributed by atoms with Crippen molar-refractivity contribution in [2.45, 2.75) is 445 Å². The van der Waals surface area contributed by atoms with E-state index < -0.39 is 97.5 Å². The van der Waals surface area contributed by atoms with E-state index in [2.05, 4.69) is 41.5 Å². The summed E-state index contributed by atoms with van der Waals surface area (Å²) in [4.78, 5) is 72.9. The predicted octanol–water partition coefficient (Wildman–Crippen LogP) is 24.3. The molecule has 594 valence electrons. The molecular formula is C81H158O17P2. The molecule has 0 fully saturated rings. The van der Waals surface area contributed by atoms with E-state index in [0.29, 0.717) is 25.7 Å². The highest BCUT2D eigenvalue weighted by molar-refractivity contribution is 7.47. The van der Waals surface area contributed by atoms with E-state index >= 15 is 0 Å². The molecule has 0 rings (SSSR count). The molecule has 0 aromatic carbocycles. The van der Waals surface area contributed by atoms with Crippen LogP contribution in [0.5, 0.6) is 0 Å². The van der Waals surface area contributed by atoms with E-state index in [9.17, 15) is 43.2 Å². The monoisotopic (exact) mass is 1470 g/mol. The minimum atomic E-state index is -4.96. The first-order valence-electron chi connectivity index (χ1n) is 42.0. The van der Waals surface area contributed by atoms with Gasteiger partial charge < -0.3 is 33.8 Å². The van der Waals surface area contributed by atoms with Crippen molar-refractivity contribution in [2.24, 2.45) is 11.8 Å². The minimum absolute atomic E-state index is 0.105. The first-order chi connectivity index (χ1) is 48.4. The van der Waals surface area contributed by atoms with Crippen LogP contribution in [0.4, 0.5) is 0 Å². The average molecular weight is 1470 g/mol. The van der Waals surface area contributed by atoms with Crippen molar-refractivity contribution in [3.8, 4) is 0 Å². The van der Waals surface area contributed by atoms with Crippen molar-refractivity contribution < 1.29 is 80.2 Å². The molecular weight excluding hydrogens is 1310 g/mol. The van der Waals surface area contributed by atoms with Gasteiger partial charge in [-0.2, -0.15) is 0 Å². The van der Waals surface area contributed by atoms with Crippen molar-refractivity contribution in [1.29, 1.82) is 0 Å². The molecule has 19 heteroatoms. The summed E-state index contributed by atoms with van der Waals surface area (Å²) in [6, 6.07) is 0. The Labute approximate surface area is 613 Å². The Hall–Kier alpha value is -1.94. The third kappa shape index (κ3) is 73.0. The number of rotatable bonds is 80. The largest absolute Gasteiger partial charge is 0.472 e. The number of phosphoric acid groups is 2. The lowest BCUT2D eigenvalue weighted by atomic mass is 9.99. The third-order valence-electron chi connectivity index (χ3n) is 19.3. The zero-order valence-electron chi connectivity index (χ0n) is 65.5. The first kappa shape index (κ1) is 98.1. The standard InChI is InChI=1S/C81H158O17P2/c1-7-10-12-14-16-18-20-21-22-25-29-32-35-39-46-52-58-64-79(84)92-69-76(97-80(85)65-59-53-47-40-36-33-30-27-24-23-26-28-31-34-37-44-50-56-62-74(6)9-3)71-95-99(87,88)93-67-75(82)68-94-100(89,90)96-72-77(70-91-78(83)63-57-51-45-38-19-17-15-13-11-8-2)98-81(86)66-60-54-48-42-41-43-49-55-61-73(4)5/h73-77,82H,7-72H2,1-6H3,(H,87,88)(H,89,90)/t74?,75-,76-,77-/m1/s1.